The van der Waals surface area contributed by atoms with Gasteiger partial charge in [0.2, 0.25) is 0 Å². The predicted molar refractivity (Wildman–Crippen MR) is 106 cm³/mol. The van der Waals surface area contributed by atoms with Crippen LogP contribution in [0.2, 0.25) is 15.1 Å². The molecule has 2 amide bonds. The summed E-state index contributed by atoms with van der Waals surface area (Å²) in [5.74, 6) is -1.37. The van der Waals surface area contributed by atoms with Crippen LogP contribution in [0.3, 0.4) is 0 Å². The van der Waals surface area contributed by atoms with Crippen molar-refractivity contribution in [2.45, 2.75) is 6.54 Å². The number of nitro benzene ring substituents is 1. The first kappa shape index (κ1) is 20.6. The third-order valence-electron chi connectivity index (χ3n) is 3.83. The summed E-state index contributed by atoms with van der Waals surface area (Å²) < 4.78 is 14.0. The highest BCUT2D eigenvalue weighted by Crippen LogP contribution is 2.39. The molecule has 3 rings (SSSR count). The maximum absolute atomic E-state index is 14.0. The molecule has 144 valence electrons. The van der Waals surface area contributed by atoms with Gasteiger partial charge in [-0.15, -0.1) is 0 Å². The normalized spacial score (nSPS) is 15.6. The Labute approximate surface area is 177 Å². The van der Waals surface area contributed by atoms with Gasteiger partial charge in [0.15, 0.2) is 0 Å². The minimum atomic E-state index is -0.715. The SMILES string of the molecule is O=C1S/C(=C\c2c(Cl)ccc([N+](=O)[O-])c2Cl)C(=O)N1Cc1c(F)cccc1Cl. The van der Waals surface area contributed by atoms with Crippen molar-refractivity contribution in [1.29, 1.82) is 0 Å². The fourth-order valence-corrected chi connectivity index (χ4v) is 4.03. The average Bonchev–Trinajstić information content (AvgIpc) is 2.88. The molecule has 0 spiro atoms. The lowest BCUT2D eigenvalue weighted by atomic mass is 10.1. The molecular formula is C17H8Cl3FN2O4S. The highest BCUT2D eigenvalue weighted by Gasteiger charge is 2.36. The summed E-state index contributed by atoms with van der Waals surface area (Å²) in [5.41, 5.74) is -0.360. The number of thioether (sulfide) groups is 1. The minimum absolute atomic E-state index is 0.000805. The van der Waals surface area contributed by atoms with E-state index in [4.69, 9.17) is 34.8 Å². The zero-order chi connectivity index (χ0) is 20.6. The van der Waals surface area contributed by atoms with Crippen LogP contribution < -0.4 is 0 Å². The number of carbonyl (C=O) groups is 2. The molecule has 2 aromatic rings. The van der Waals surface area contributed by atoms with E-state index < -0.39 is 27.6 Å². The molecule has 6 nitrogen and oxygen atoms in total. The minimum Gasteiger partial charge on any atom is -0.268 e. The molecule has 1 heterocycles. The topological polar surface area (TPSA) is 80.5 Å². The summed E-state index contributed by atoms with van der Waals surface area (Å²) >= 11 is 18.6. The van der Waals surface area contributed by atoms with E-state index in [1.165, 1.54) is 30.3 Å². The Hall–Kier alpha value is -2.13. The smallest absolute Gasteiger partial charge is 0.268 e. The Balaban J connectivity index is 1.96. The van der Waals surface area contributed by atoms with Gasteiger partial charge in [-0.2, -0.15) is 0 Å². The second kappa shape index (κ2) is 8.08. The number of imide groups is 1. The number of rotatable bonds is 4. The van der Waals surface area contributed by atoms with Gasteiger partial charge in [-0.3, -0.25) is 24.6 Å². The first-order chi connectivity index (χ1) is 13.2. The van der Waals surface area contributed by atoms with Crippen LogP contribution in [0.4, 0.5) is 14.9 Å². The molecule has 0 radical (unpaired) electrons. The molecule has 0 aliphatic carbocycles. The zero-order valence-electron chi connectivity index (χ0n) is 13.6. The molecule has 0 aromatic heterocycles. The fraction of sp³-hybridized carbons (Fsp3) is 0.0588. The van der Waals surface area contributed by atoms with Crippen molar-refractivity contribution in [3.63, 3.8) is 0 Å². The van der Waals surface area contributed by atoms with Gasteiger partial charge in [0.1, 0.15) is 10.8 Å². The highest BCUT2D eigenvalue weighted by atomic mass is 35.5. The van der Waals surface area contributed by atoms with Crippen molar-refractivity contribution in [2.24, 2.45) is 0 Å². The Morgan fingerprint density at radius 3 is 2.50 bits per heavy atom. The molecule has 2 aromatic carbocycles. The van der Waals surface area contributed by atoms with E-state index >= 15 is 0 Å². The number of hydrogen-bond acceptors (Lipinski definition) is 5. The standard InChI is InChI=1S/C17H8Cl3FN2O4S/c18-10-2-1-3-12(21)9(10)7-22-16(24)14(28-17(22)25)6-8-11(19)4-5-13(15(8)20)23(26)27/h1-6H,7H2/b14-6-. The van der Waals surface area contributed by atoms with Crippen molar-refractivity contribution in [3.05, 3.63) is 77.4 Å². The van der Waals surface area contributed by atoms with Crippen molar-refractivity contribution in [1.82, 2.24) is 4.90 Å². The second-order valence-electron chi connectivity index (χ2n) is 5.52. The number of carbonyl (C=O) groups excluding carboxylic acids is 2. The number of halogens is 4. The first-order valence-corrected chi connectivity index (χ1v) is 9.46. The maximum Gasteiger partial charge on any atom is 0.293 e. The summed E-state index contributed by atoms with van der Waals surface area (Å²) in [7, 11) is 0. The van der Waals surface area contributed by atoms with E-state index in [9.17, 15) is 24.1 Å². The van der Waals surface area contributed by atoms with Crippen molar-refractivity contribution >= 4 is 69.5 Å². The van der Waals surface area contributed by atoms with Crippen LogP contribution in [0, 0.1) is 15.9 Å². The first-order valence-electron chi connectivity index (χ1n) is 7.51. The van der Waals surface area contributed by atoms with Crippen molar-refractivity contribution in [3.8, 4) is 0 Å². The summed E-state index contributed by atoms with van der Waals surface area (Å²) in [4.78, 5) is 36.0. The van der Waals surface area contributed by atoms with Crippen LogP contribution in [0.5, 0.6) is 0 Å². The van der Waals surface area contributed by atoms with Crippen molar-refractivity contribution < 1.29 is 18.9 Å². The molecule has 1 aliphatic rings. The van der Waals surface area contributed by atoms with E-state index in [0.29, 0.717) is 11.8 Å². The molecule has 28 heavy (non-hydrogen) atoms. The quantitative estimate of drug-likeness (QED) is 0.320. The van der Waals surface area contributed by atoms with Gasteiger partial charge in [0.25, 0.3) is 16.8 Å². The largest absolute Gasteiger partial charge is 0.293 e. The van der Waals surface area contributed by atoms with Crippen LogP contribution in [0.1, 0.15) is 11.1 Å². The second-order valence-corrected chi connectivity index (χ2v) is 7.70. The molecule has 1 fully saturated rings. The summed E-state index contributed by atoms with van der Waals surface area (Å²) in [6.45, 7) is -0.357. The molecular weight excluding hydrogens is 454 g/mol. The number of nitro groups is 1. The highest BCUT2D eigenvalue weighted by molar-refractivity contribution is 8.18. The fourth-order valence-electron chi connectivity index (χ4n) is 2.44. The van der Waals surface area contributed by atoms with Gasteiger partial charge in [-0.1, -0.05) is 40.9 Å². The lowest BCUT2D eigenvalue weighted by Gasteiger charge is -2.14. The van der Waals surface area contributed by atoms with Gasteiger partial charge in [0, 0.05) is 27.2 Å². The predicted octanol–water partition coefficient (Wildman–Crippen LogP) is 5.93. The molecule has 0 N–H and O–H groups in total. The van der Waals surface area contributed by atoms with Gasteiger partial charge in [0.05, 0.1) is 16.4 Å². The van der Waals surface area contributed by atoms with Crippen LogP contribution in [-0.2, 0) is 11.3 Å². The van der Waals surface area contributed by atoms with Gasteiger partial charge < -0.3 is 0 Å². The Morgan fingerprint density at radius 1 is 1.14 bits per heavy atom. The van der Waals surface area contributed by atoms with Crippen LogP contribution in [-0.4, -0.2) is 21.0 Å². The van der Waals surface area contributed by atoms with E-state index in [2.05, 4.69) is 0 Å². The van der Waals surface area contributed by atoms with Crippen LogP contribution in [0.15, 0.2) is 35.2 Å². The van der Waals surface area contributed by atoms with E-state index in [0.717, 1.165) is 11.0 Å². The van der Waals surface area contributed by atoms with Crippen molar-refractivity contribution in [2.75, 3.05) is 0 Å². The van der Waals surface area contributed by atoms with Gasteiger partial charge in [-0.05, 0) is 36.0 Å². The summed E-state index contributed by atoms with van der Waals surface area (Å²) in [6, 6.07) is 6.41. The Kier molecular flexibility index (Phi) is 5.95. The van der Waals surface area contributed by atoms with Crippen LogP contribution >= 0.6 is 46.6 Å². The Bertz CT molecular complexity index is 1040. The third-order valence-corrected chi connectivity index (χ3v) is 5.82. The third kappa shape index (κ3) is 3.86. The lowest BCUT2D eigenvalue weighted by Crippen LogP contribution is -2.28. The number of hydrogen-bond donors (Lipinski definition) is 0. The lowest BCUT2D eigenvalue weighted by molar-refractivity contribution is -0.384. The number of amides is 2. The van der Waals surface area contributed by atoms with E-state index in [1.807, 2.05) is 0 Å². The molecule has 0 unspecified atom stereocenters. The maximum atomic E-state index is 14.0. The number of benzene rings is 2. The van der Waals surface area contributed by atoms with E-state index in [-0.39, 0.29) is 37.6 Å². The van der Waals surface area contributed by atoms with Crippen LogP contribution in [0.25, 0.3) is 6.08 Å². The molecule has 1 saturated heterocycles. The molecule has 1 aliphatic heterocycles. The monoisotopic (exact) mass is 460 g/mol. The average molecular weight is 462 g/mol. The molecule has 0 bridgehead atoms. The molecule has 0 saturated carbocycles. The molecule has 0 atom stereocenters. The zero-order valence-corrected chi connectivity index (χ0v) is 16.7. The summed E-state index contributed by atoms with van der Waals surface area (Å²) in [5, 5.41) is 10.3. The summed E-state index contributed by atoms with van der Waals surface area (Å²) in [6.07, 6.45) is 1.20. The molecule has 11 heteroatoms. The van der Waals surface area contributed by atoms with E-state index in [1.54, 1.807) is 0 Å². The Morgan fingerprint density at radius 2 is 1.86 bits per heavy atom. The van der Waals surface area contributed by atoms with Gasteiger partial charge in [-0.25, -0.2) is 4.39 Å². The number of nitrogens with zero attached hydrogens (tertiary/aromatic N) is 2. The van der Waals surface area contributed by atoms with Gasteiger partial charge >= 0.3 is 0 Å².